The minimum atomic E-state index is -3.62. The maximum absolute atomic E-state index is 12.3. The van der Waals surface area contributed by atoms with Crippen molar-refractivity contribution in [1.82, 2.24) is 0 Å². The Kier molecular flexibility index (Phi) is 3.69. The summed E-state index contributed by atoms with van der Waals surface area (Å²) in [7, 11) is -3.62. The molecule has 0 radical (unpaired) electrons. The van der Waals surface area contributed by atoms with Crippen LogP contribution in [-0.2, 0) is 10.1 Å². The van der Waals surface area contributed by atoms with E-state index in [1.54, 1.807) is 13.0 Å². The lowest BCUT2D eigenvalue weighted by Gasteiger charge is -2.09. The van der Waals surface area contributed by atoms with Crippen LogP contribution in [0.4, 0.5) is 0 Å². The average Bonchev–Trinajstić information content (AvgIpc) is 2.48. The molecule has 1 aromatic heterocycles. The van der Waals surface area contributed by atoms with Gasteiger partial charge < -0.3 is 8.60 Å². The molecule has 0 spiro atoms. The smallest absolute Gasteiger partial charge is 0.344 e. The summed E-state index contributed by atoms with van der Waals surface area (Å²) in [5.74, 6) is 0.177. The van der Waals surface area contributed by atoms with E-state index in [1.165, 1.54) is 12.1 Å². The van der Waals surface area contributed by atoms with E-state index in [-0.39, 0.29) is 5.75 Å². The van der Waals surface area contributed by atoms with E-state index >= 15 is 0 Å². The fourth-order valence-electron chi connectivity index (χ4n) is 2.50. The molecule has 23 heavy (non-hydrogen) atoms. The number of hydrogen-bond acceptors (Lipinski definition) is 5. The Labute approximate surface area is 133 Å². The number of aryl methyl sites for hydroxylation is 1. The first-order chi connectivity index (χ1) is 10.8. The molecule has 0 bridgehead atoms. The molecule has 0 unspecified atom stereocenters. The Bertz CT molecular complexity index is 1030. The maximum atomic E-state index is 12.3. The van der Waals surface area contributed by atoms with Gasteiger partial charge in [0.1, 0.15) is 11.3 Å². The van der Waals surface area contributed by atoms with Crippen LogP contribution >= 0.6 is 0 Å². The summed E-state index contributed by atoms with van der Waals surface area (Å²) in [6.45, 7) is 1.80. The second kappa shape index (κ2) is 5.55. The molecule has 0 saturated carbocycles. The highest BCUT2D eigenvalue weighted by molar-refractivity contribution is 7.86. The zero-order valence-corrected chi connectivity index (χ0v) is 13.4. The molecule has 0 aliphatic carbocycles. The van der Waals surface area contributed by atoms with Gasteiger partial charge in [0.2, 0.25) is 0 Å². The van der Waals surface area contributed by atoms with Gasteiger partial charge in [-0.05, 0) is 36.2 Å². The molecule has 0 aliphatic heterocycles. The molecule has 2 aromatic carbocycles. The first-order valence-electron chi connectivity index (χ1n) is 6.87. The molecule has 0 fully saturated rings. The van der Waals surface area contributed by atoms with Crippen LogP contribution in [0, 0.1) is 6.92 Å². The van der Waals surface area contributed by atoms with Gasteiger partial charge in [-0.3, -0.25) is 0 Å². The van der Waals surface area contributed by atoms with E-state index in [9.17, 15) is 13.2 Å². The standard InChI is InChI=1S/C17H14O5S/c1-11-14-10-13(22-23(2,19)20)8-9-15(14)21-17(18)16(11)12-6-4-3-5-7-12/h3-10H,1-2H3. The van der Waals surface area contributed by atoms with Crippen LogP contribution < -0.4 is 9.81 Å². The van der Waals surface area contributed by atoms with Crippen molar-refractivity contribution in [3.8, 4) is 16.9 Å². The van der Waals surface area contributed by atoms with Gasteiger partial charge in [0.05, 0.1) is 11.8 Å². The lowest BCUT2D eigenvalue weighted by molar-refractivity contribution is 0.492. The van der Waals surface area contributed by atoms with Crippen LogP contribution in [0.15, 0.2) is 57.7 Å². The van der Waals surface area contributed by atoms with Gasteiger partial charge in [-0.2, -0.15) is 8.42 Å². The molecule has 3 rings (SSSR count). The molecule has 118 valence electrons. The normalized spacial score (nSPS) is 11.6. The second-order valence-electron chi connectivity index (χ2n) is 5.20. The van der Waals surface area contributed by atoms with Crippen molar-refractivity contribution in [1.29, 1.82) is 0 Å². The predicted octanol–water partition coefficient (Wildman–Crippen LogP) is 3.11. The summed E-state index contributed by atoms with van der Waals surface area (Å²) in [5, 5.41) is 0.629. The molecular formula is C17H14O5S. The summed E-state index contributed by atoms with van der Waals surface area (Å²) in [6, 6.07) is 13.7. The van der Waals surface area contributed by atoms with Crippen molar-refractivity contribution in [2.24, 2.45) is 0 Å². The molecule has 0 amide bonds. The van der Waals surface area contributed by atoms with Gasteiger partial charge in [0.15, 0.2) is 0 Å². The molecule has 3 aromatic rings. The van der Waals surface area contributed by atoms with Gasteiger partial charge in [-0.15, -0.1) is 0 Å². The van der Waals surface area contributed by atoms with Gasteiger partial charge in [0, 0.05) is 5.39 Å². The van der Waals surface area contributed by atoms with E-state index in [0.717, 1.165) is 11.8 Å². The highest BCUT2D eigenvalue weighted by Crippen LogP contribution is 2.29. The zero-order valence-electron chi connectivity index (χ0n) is 12.6. The van der Waals surface area contributed by atoms with Crippen molar-refractivity contribution in [2.75, 3.05) is 6.26 Å². The summed E-state index contributed by atoms with van der Waals surface area (Å²) in [6.07, 6.45) is 0.977. The Morgan fingerprint density at radius 1 is 1.04 bits per heavy atom. The second-order valence-corrected chi connectivity index (χ2v) is 6.78. The van der Waals surface area contributed by atoms with E-state index in [1.807, 2.05) is 30.3 Å². The Hall–Kier alpha value is -2.60. The molecule has 6 heteroatoms. The SMILES string of the molecule is Cc1c(-c2ccccc2)c(=O)oc2ccc(OS(C)(=O)=O)cc12. The highest BCUT2D eigenvalue weighted by Gasteiger charge is 2.14. The lowest BCUT2D eigenvalue weighted by Crippen LogP contribution is -2.07. The number of rotatable bonds is 3. The highest BCUT2D eigenvalue weighted by atomic mass is 32.2. The van der Waals surface area contributed by atoms with Crippen LogP contribution in [0.5, 0.6) is 5.75 Å². The molecule has 5 nitrogen and oxygen atoms in total. The van der Waals surface area contributed by atoms with Gasteiger partial charge in [-0.25, -0.2) is 4.79 Å². The fourth-order valence-corrected chi connectivity index (χ4v) is 2.95. The summed E-state index contributed by atoms with van der Waals surface area (Å²) >= 11 is 0. The summed E-state index contributed by atoms with van der Waals surface area (Å²) in [4.78, 5) is 12.3. The number of fused-ring (bicyclic) bond motifs is 1. The minimum absolute atomic E-state index is 0.177. The van der Waals surface area contributed by atoms with Crippen molar-refractivity contribution >= 4 is 21.1 Å². The topological polar surface area (TPSA) is 73.6 Å². The number of hydrogen-bond donors (Lipinski definition) is 0. The number of benzene rings is 2. The lowest BCUT2D eigenvalue weighted by atomic mass is 10.00. The van der Waals surface area contributed by atoms with E-state index in [4.69, 9.17) is 8.60 Å². The first-order valence-corrected chi connectivity index (χ1v) is 8.69. The van der Waals surface area contributed by atoms with E-state index < -0.39 is 15.7 Å². The van der Waals surface area contributed by atoms with Crippen molar-refractivity contribution in [2.45, 2.75) is 6.92 Å². The van der Waals surface area contributed by atoms with Crippen LogP contribution in [-0.4, -0.2) is 14.7 Å². The van der Waals surface area contributed by atoms with Crippen molar-refractivity contribution < 1.29 is 17.0 Å². The van der Waals surface area contributed by atoms with E-state index in [2.05, 4.69) is 0 Å². The third-order valence-electron chi connectivity index (χ3n) is 3.45. The molecule has 0 saturated heterocycles. The fraction of sp³-hybridized carbons (Fsp3) is 0.118. The predicted molar refractivity (Wildman–Crippen MR) is 88.1 cm³/mol. The molecule has 1 heterocycles. The zero-order chi connectivity index (χ0) is 16.6. The average molecular weight is 330 g/mol. The molecule has 0 N–H and O–H groups in total. The van der Waals surface area contributed by atoms with Crippen LogP contribution in [0.3, 0.4) is 0 Å². The largest absolute Gasteiger partial charge is 0.422 e. The van der Waals surface area contributed by atoms with Crippen LogP contribution in [0.2, 0.25) is 0 Å². The first kappa shape index (κ1) is 15.3. The third-order valence-corrected chi connectivity index (χ3v) is 3.94. The van der Waals surface area contributed by atoms with Crippen molar-refractivity contribution in [3.63, 3.8) is 0 Å². The van der Waals surface area contributed by atoms with Crippen LogP contribution in [0.1, 0.15) is 5.56 Å². The maximum Gasteiger partial charge on any atom is 0.344 e. The Morgan fingerprint density at radius 3 is 2.39 bits per heavy atom. The molecule has 0 aliphatic rings. The van der Waals surface area contributed by atoms with E-state index in [0.29, 0.717) is 22.1 Å². The van der Waals surface area contributed by atoms with Gasteiger partial charge in [-0.1, -0.05) is 30.3 Å². The molecule has 0 atom stereocenters. The summed E-state index contributed by atoms with van der Waals surface area (Å²) in [5.41, 5.74) is 1.86. The monoisotopic (exact) mass is 330 g/mol. The summed E-state index contributed by atoms with van der Waals surface area (Å²) < 4.78 is 32.8. The van der Waals surface area contributed by atoms with Crippen LogP contribution in [0.25, 0.3) is 22.1 Å². The minimum Gasteiger partial charge on any atom is -0.422 e. The van der Waals surface area contributed by atoms with Crippen molar-refractivity contribution in [3.05, 3.63) is 64.5 Å². The molecular weight excluding hydrogens is 316 g/mol. The Balaban J connectivity index is 2.26. The van der Waals surface area contributed by atoms with Gasteiger partial charge >= 0.3 is 15.7 Å². The van der Waals surface area contributed by atoms with Gasteiger partial charge in [0.25, 0.3) is 0 Å². The Morgan fingerprint density at radius 2 is 1.74 bits per heavy atom. The third kappa shape index (κ3) is 3.12. The quantitative estimate of drug-likeness (QED) is 0.545.